The SMILES string of the molecule is CN1CCC(N2CCC(NC(=O)c3ccccc3N)CC2)CC1.Cl.Cl. The number of nitrogen functional groups attached to an aromatic ring is 1. The first-order chi connectivity index (χ1) is 11.1. The summed E-state index contributed by atoms with van der Waals surface area (Å²) in [7, 11) is 2.20. The number of nitrogens with two attached hydrogens (primary N) is 1. The van der Waals surface area contributed by atoms with E-state index in [2.05, 4.69) is 22.2 Å². The van der Waals surface area contributed by atoms with Gasteiger partial charge < -0.3 is 20.9 Å². The highest BCUT2D eigenvalue weighted by atomic mass is 35.5. The van der Waals surface area contributed by atoms with E-state index in [1.54, 1.807) is 12.1 Å². The molecule has 25 heavy (non-hydrogen) atoms. The molecule has 2 fully saturated rings. The zero-order chi connectivity index (χ0) is 16.2. The molecule has 0 radical (unpaired) electrons. The predicted octanol–water partition coefficient (Wildman–Crippen LogP) is 2.40. The molecule has 0 unspecified atom stereocenters. The lowest BCUT2D eigenvalue weighted by molar-refractivity contribution is 0.0808. The highest BCUT2D eigenvalue weighted by molar-refractivity contribution is 5.99. The topological polar surface area (TPSA) is 61.6 Å². The van der Waals surface area contributed by atoms with Crippen LogP contribution in [-0.4, -0.2) is 61.0 Å². The lowest BCUT2D eigenvalue weighted by Crippen LogP contribution is -2.50. The summed E-state index contributed by atoms with van der Waals surface area (Å²) in [5.41, 5.74) is 7.02. The van der Waals surface area contributed by atoms with Gasteiger partial charge in [0.25, 0.3) is 5.91 Å². The molecule has 2 aliphatic rings. The van der Waals surface area contributed by atoms with E-state index in [0.717, 1.165) is 32.0 Å². The fraction of sp³-hybridized carbons (Fsp3) is 0.611. The summed E-state index contributed by atoms with van der Waals surface area (Å²) in [4.78, 5) is 17.4. The molecule has 2 aliphatic heterocycles. The van der Waals surface area contributed by atoms with Gasteiger partial charge in [-0.1, -0.05) is 12.1 Å². The van der Waals surface area contributed by atoms with Crippen LogP contribution in [-0.2, 0) is 0 Å². The second kappa shape index (κ2) is 10.2. The van der Waals surface area contributed by atoms with E-state index >= 15 is 0 Å². The molecule has 0 spiro atoms. The van der Waals surface area contributed by atoms with Gasteiger partial charge in [0, 0.05) is 30.9 Å². The van der Waals surface area contributed by atoms with Crippen molar-refractivity contribution < 1.29 is 4.79 Å². The van der Waals surface area contributed by atoms with Gasteiger partial charge in [0.05, 0.1) is 5.56 Å². The Balaban J connectivity index is 0.00000156. The fourth-order valence-electron chi connectivity index (χ4n) is 3.74. The smallest absolute Gasteiger partial charge is 0.253 e. The maximum absolute atomic E-state index is 12.3. The van der Waals surface area contributed by atoms with Crippen molar-refractivity contribution in [3.05, 3.63) is 29.8 Å². The number of para-hydroxylation sites is 1. The Morgan fingerprint density at radius 3 is 2.24 bits per heavy atom. The molecular formula is C18H30Cl2N4O. The average molecular weight is 389 g/mol. The Labute approximate surface area is 163 Å². The Bertz CT molecular complexity index is 542. The van der Waals surface area contributed by atoms with Crippen LogP contribution in [0.1, 0.15) is 36.0 Å². The number of likely N-dealkylation sites (tertiary alicyclic amines) is 2. The molecule has 5 nitrogen and oxygen atoms in total. The highest BCUT2D eigenvalue weighted by Gasteiger charge is 2.28. The third kappa shape index (κ3) is 5.74. The van der Waals surface area contributed by atoms with Gasteiger partial charge in [-0.05, 0) is 58.0 Å². The number of amides is 1. The minimum absolute atomic E-state index is 0. The lowest BCUT2D eigenvalue weighted by atomic mass is 9.98. The van der Waals surface area contributed by atoms with Crippen LogP contribution in [0, 0.1) is 0 Å². The number of rotatable bonds is 3. The molecule has 3 rings (SSSR count). The van der Waals surface area contributed by atoms with Crippen LogP contribution in [0.4, 0.5) is 5.69 Å². The van der Waals surface area contributed by atoms with Crippen molar-refractivity contribution >= 4 is 36.4 Å². The maximum atomic E-state index is 12.3. The van der Waals surface area contributed by atoms with Gasteiger partial charge >= 0.3 is 0 Å². The Morgan fingerprint density at radius 2 is 1.64 bits per heavy atom. The standard InChI is InChI=1S/C18H28N4O.2ClH/c1-21-10-8-15(9-11-21)22-12-6-14(7-13-22)20-18(23)16-4-2-3-5-17(16)19;;/h2-5,14-15H,6-13,19H2,1H3,(H,20,23);2*1H. The van der Waals surface area contributed by atoms with Crippen LogP contribution < -0.4 is 11.1 Å². The van der Waals surface area contributed by atoms with E-state index < -0.39 is 0 Å². The molecule has 0 atom stereocenters. The first-order valence-electron chi connectivity index (χ1n) is 8.71. The molecule has 2 saturated heterocycles. The molecular weight excluding hydrogens is 359 g/mol. The molecule has 0 saturated carbocycles. The second-order valence-corrected chi connectivity index (χ2v) is 6.91. The Morgan fingerprint density at radius 1 is 1.04 bits per heavy atom. The maximum Gasteiger partial charge on any atom is 0.253 e. The fourth-order valence-corrected chi connectivity index (χ4v) is 3.74. The van der Waals surface area contributed by atoms with Crippen LogP contribution >= 0.6 is 24.8 Å². The number of piperidine rings is 2. The van der Waals surface area contributed by atoms with E-state index in [9.17, 15) is 4.79 Å². The molecule has 1 aromatic rings. The normalized spacial score (nSPS) is 20.4. The van der Waals surface area contributed by atoms with Gasteiger partial charge in [-0.15, -0.1) is 24.8 Å². The summed E-state index contributed by atoms with van der Waals surface area (Å²) in [5, 5.41) is 3.15. The van der Waals surface area contributed by atoms with Crippen molar-refractivity contribution in [3.63, 3.8) is 0 Å². The van der Waals surface area contributed by atoms with Crippen molar-refractivity contribution in [2.75, 3.05) is 39.0 Å². The van der Waals surface area contributed by atoms with Gasteiger partial charge in [-0.2, -0.15) is 0 Å². The van der Waals surface area contributed by atoms with Crippen molar-refractivity contribution in [2.45, 2.75) is 37.8 Å². The molecule has 0 bridgehead atoms. The third-order valence-electron chi connectivity index (χ3n) is 5.27. The van der Waals surface area contributed by atoms with Crippen molar-refractivity contribution in [1.82, 2.24) is 15.1 Å². The molecule has 2 heterocycles. The van der Waals surface area contributed by atoms with Crippen molar-refractivity contribution in [3.8, 4) is 0 Å². The van der Waals surface area contributed by atoms with Gasteiger partial charge in [0.2, 0.25) is 0 Å². The van der Waals surface area contributed by atoms with E-state index in [0.29, 0.717) is 11.3 Å². The summed E-state index contributed by atoms with van der Waals surface area (Å²) in [6, 6.07) is 8.27. The molecule has 3 N–H and O–H groups in total. The van der Waals surface area contributed by atoms with Crippen LogP contribution in [0.5, 0.6) is 0 Å². The van der Waals surface area contributed by atoms with E-state index in [1.807, 2.05) is 12.1 Å². The molecule has 142 valence electrons. The molecule has 0 aromatic heterocycles. The molecule has 1 amide bonds. The summed E-state index contributed by atoms with van der Waals surface area (Å²) >= 11 is 0. The average Bonchev–Trinajstić information content (AvgIpc) is 2.57. The van der Waals surface area contributed by atoms with Crippen LogP contribution in [0.3, 0.4) is 0 Å². The summed E-state index contributed by atoms with van der Waals surface area (Å²) in [5.74, 6) is -0.0409. The minimum Gasteiger partial charge on any atom is -0.398 e. The van der Waals surface area contributed by atoms with Crippen LogP contribution in [0.15, 0.2) is 24.3 Å². The number of anilines is 1. The Hall–Kier alpha value is -1.01. The van der Waals surface area contributed by atoms with Gasteiger partial charge in [-0.25, -0.2) is 0 Å². The second-order valence-electron chi connectivity index (χ2n) is 6.91. The monoisotopic (exact) mass is 388 g/mol. The summed E-state index contributed by atoms with van der Waals surface area (Å²) < 4.78 is 0. The van der Waals surface area contributed by atoms with Gasteiger partial charge in [0.1, 0.15) is 0 Å². The number of benzene rings is 1. The van der Waals surface area contributed by atoms with Crippen LogP contribution in [0.25, 0.3) is 0 Å². The van der Waals surface area contributed by atoms with Gasteiger partial charge in [0.15, 0.2) is 0 Å². The quantitative estimate of drug-likeness (QED) is 0.780. The zero-order valence-electron chi connectivity index (χ0n) is 14.8. The molecule has 7 heteroatoms. The lowest BCUT2D eigenvalue weighted by Gasteiger charge is -2.41. The summed E-state index contributed by atoms with van der Waals surface area (Å²) in [6.07, 6.45) is 4.61. The van der Waals surface area contributed by atoms with Crippen LogP contribution in [0.2, 0.25) is 0 Å². The number of hydrogen-bond donors (Lipinski definition) is 2. The van der Waals surface area contributed by atoms with E-state index in [4.69, 9.17) is 5.73 Å². The van der Waals surface area contributed by atoms with E-state index in [1.165, 1.54) is 25.9 Å². The molecule has 0 aliphatic carbocycles. The number of carbonyl (C=O) groups is 1. The van der Waals surface area contributed by atoms with Crippen molar-refractivity contribution in [2.24, 2.45) is 0 Å². The highest BCUT2D eigenvalue weighted by Crippen LogP contribution is 2.21. The number of nitrogens with one attached hydrogen (secondary N) is 1. The van der Waals surface area contributed by atoms with E-state index in [-0.39, 0.29) is 36.8 Å². The first kappa shape index (κ1) is 22.0. The van der Waals surface area contributed by atoms with Gasteiger partial charge in [-0.3, -0.25) is 4.79 Å². The number of hydrogen-bond acceptors (Lipinski definition) is 4. The molecule has 1 aromatic carbocycles. The first-order valence-corrected chi connectivity index (χ1v) is 8.71. The number of carbonyl (C=O) groups excluding carboxylic acids is 1. The zero-order valence-corrected chi connectivity index (χ0v) is 16.5. The predicted molar refractivity (Wildman–Crippen MR) is 108 cm³/mol. The third-order valence-corrected chi connectivity index (χ3v) is 5.27. The minimum atomic E-state index is -0.0409. The largest absolute Gasteiger partial charge is 0.398 e. The van der Waals surface area contributed by atoms with Crippen molar-refractivity contribution in [1.29, 1.82) is 0 Å². The number of nitrogens with zero attached hydrogens (tertiary/aromatic N) is 2. The summed E-state index contributed by atoms with van der Waals surface area (Å²) in [6.45, 7) is 4.58. The Kier molecular flexibility index (Phi) is 9.00. The number of halogens is 2.